The maximum Gasteiger partial charge on any atom is 0.114 e. The van der Waals surface area contributed by atoms with Crippen LogP contribution in [0.5, 0.6) is 0 Å². The SMILES string of the molecule is [2H]c1c([2H])c([2H])c(-c2ccccc2-c2c3c([2H])c([2H])c([2H])c([2H])c3c(-c3ccc(-n4c(CC)nc5ccccc54)cc3)c3c([2H])c([2H])c([2H])c([2H])c23)c([2H])c1[2H]. The van der Waals surface area contributed by atoms with Gasteiger partial charge in [0.25, 0.3) is 0 Å². The lowest BCUT2D eigenvalue weighted by Gasteiger charge is -2.20. The average Bonchev–Trinajstić information content (AvgIpc) is 3.60. The number of nitrogens with zero attached hydrogens (tertiary/aromatic N) is 2. The Hall–Kier alpha value is -5.47. The molecule has 8 aromatic rings. The first-order valence-electron chi connectivity index (χ1n) is 20.4. The average molecular weight is 564 g/mol. The third-order valence-corrected chi connectivity index (χ3v) is 7.70. The van der Waals surface area contributed by atoms with Gasteiger partial charge in [-0.25, -0.2) is 4.98 Å². The van der Waals surface area contributed by atoms with E-state index < -0.39 is 78.6 Å². The first kappa shape index (κ1) is 15.1. The number of fused-ring (bicyclic) bond motifs is 3. The van der Waals surface area contributed by atoms with E-state index in [1.165, 1.54) is 6.07 Å². The molecule has 0 spiro atoms. The van der Waals surface area contributed by atoms with Gasteiger partial charge in [0.2, 0.25) is 0 Å². The van der Waals surface area contributed by atoms with E-state index in [-0.39, 0.29) is 49.4 Å². The molecule has 0 amide bonds. The van der Waals surface area contributed by atoms with Crippen LogP contribution in [-0.2, 0) is 6.42 Å². The number of aromatic nitrogens is 2. The van der Waals surface area contributed by atoms with Gasteiger partial charge in [0.15, 0.2) is 0 Å². The maximum absolute atomic E-state index is 9.32. The second-order valence-corrected chi connectivity index (χ2v) is 10.0. The summed E-state index contributed by atoms with van der Waals surface area (Å²) in [6.45, 7) is 2.00. The molecule has 0 bridgehead atoms. The van der Waals surface area contributed by atoms with Gasteiger partial charge in [0.05, 0.1) is 28.9 Å². The number of para-hydroxylation sites is 2. The van der Waals surface area contributed by atoms with Crippen molar-refractivity contribution in [2.45, 2.75) is 13.3 Å². The van der Waals surface area contributed by atoms with E-state index in [1.54, 1.807) is 30.3 Å². The molecule has 0 radical (unpaired) electrons. The summed E-state index contributed by atoms with van der Waals surface area (Å²) < 4.78 is 117. The van der Waals surface area contributed by atoms with E-state index in [0.717, 1.165) is 22.5 Å². The van der Waals surface area contributed by atoms with Gasteiger partial charge in [-0.3, -0.25) is 4.57 Å². The van der Waals surface area contributed by atoms with Crippen LogP contribution in [0.2, 0.25) is 0 Å². The van der Waals surface area contributed by atoms with Crippen LogP contribution < -0.4 is 0 Å². The summed E-state index contributed by atoms with van der Waals surface area (Å²) in [7, 11) is 0. The Morgan fingerprint density at radius 2 is 1.12 bits per heavy atom. The fourth-order valence-corrected chi connectivity index (χ4v) is 5.87. The number of aryl methyl sites for hydroxylation is 1. The van der Waals surface area contributed by atoms with Crippen molar-refractivity contribution >= 4 is 32.6 Å². The molecule has 0 unspecified atom stereocenters. The summed E-state index contributed by atoms with van der Waals surface area (Å²) in [5.74, 6) is 0.820. The van der Waals surface area contributed by atoms with Gasteiger partial charge in [-0.1, -0.05) is 134 Å². The number of hydrogen-bond donors (Lipinski definition) is 0. The summed E-state index contributed by atoms with van der Waals surface area (Å²) in [4.78, 5) is 4.78. The van der Waals surface area contributed by atoms with E-state index >= 15 is 0 Å². The summed E-state index contributed by atoms with van der Waals surface area (Å²) in [5.41, 5.74) is 3.15. The lowest BCUT2D eigenvalue weighted by molar-refractivity contribution is 0.908. The van der Waals surface area contributed by atoms with Gasteiger partial charge in [-0.05, 0) is 79.2 Å². The molecule has 1 heterocycles. The summed E-state index contributed by atoms with van der Waals surface area (Å²) in [5, 5.41) is -0.119. The second-order valence-electron chi connectivity index (χ2n) is 10.0. The standard InChI is InChI=1S/C41H30N2/c1-2-39-42-37-22-12-13-23-38(37)43(39)30-26-24-29(25-27-30)40-33-18-8-10-20-35(33)41(36-21-11-9-19-34(36)40)32-17-7-6-16-31(32)28-14-4-3-5-15-28/h3-27H,2H2,1H3/i3D,4D,5D,8D,9D,10D,11D,14D,15D,18D,19D,20D,21D. The second kappa shape index (κ2) is 10.4. The minimum atomic E-state index is -0.595. The molecule has 0 aliphatic rings. The molecular formula is C41H30N2. The van der Waals surface area contributed by atoms with Gasteiger partial charge >= 0.3 is 0 Å². The molecule has 204 valence electrons. The molecule has 0 atom stereocenters. The van der Waals surface area contributed by atoms with Crippen LogP contribution in [0.4, 0.5) is 0 Å². The lowest BCUT2D eigenvalue weighted by atomic mass is 9.84. The van der Waals surface area contributed by atoms with Gasteiger partial charge in [0.1, 0.15) is 5.82 Å². The van der Waals surface area contributed by atoms with Crippen LogP contribution in [-0.4, -0.2) is 9.55 Å². The van der Waals surface area contributed by atoms with Crippen molar-refractivity contribution in [2.24, 2.45) is 0 Å². The highest BCUT2D eigenvalue weighted by Crippen LogP contribution is 2.46. The molecule has 0 aliphatic heterocycles. The molecule has 0 aliphatic carbocycles. The van der Waals surface area contributed by atoms with Gasteiger partial charge in [-0.2, -0.15) is 0 Å². The zero-order chi connectivity index (χ0) is 40.1. The lowest BCUT2D eigenvalue weighted by Crippen LogP contribution is -2.00. The normalized spacial score (nSPS) is 15.7. The largest absolute Gasteiger partial charge is 0.296 e. The molecule has 0 N–H and O–H groups in total. The van der Waals surface area contributed by atoms with E-state index in [0.29, 0.717) is 12.0 Å². The minimum absolute atomic E-state index is 0.00512. The Morgan fingerprint density at radius 1 is 0.558 bits per heavy atom. The Morgan fingerprint density at radius 3 is 1.77 bits per heavy atom. The smallest absolute Gasteiger partial charge is 0.114 e. The highest BCUT2D eigenvalue weighted by Gasteiger charge is 2.19. The quantitative estimate of drug-likeness (QED) is 0.190. The van der Waals surface area contributed by atoms with Crippen LogP contribution in [0.1, 0.15) is 30.6 Å². The van der Waals surface area contributed by atoms with Gasteiger partial charge < -0.3 is 0 Å². The highest BCUT2D eigenvalue weighted by atomic mass is 15.1. The topological polar surface area (TPSA) is 17.8 Å². The molecule has 8 rings (SSSR count). The van der Waals surface area contributed by atoms with Gasteiger partial charge in [-0.15, -0.1) is 0 Å². The van der Waals surface area contributed by atoms with Crippen molar-refractivity contribution in [3.05, 3.63) is 157 Å². The molecule has 2 nitrogen and oxygen atoms in total. The molecule has 7 aromatic carbocycles. The minimum Gasteiger partial charge on any atom is -0.296 e. The molecule has 43 heavy (non-hydrogen) atoms. The predicted octanol–water partition coefficient (Wildman–Crippen LogP) is 10.9. The molecule has 0 saturated carbocycles. The predicted molar refractivity (Wildman–Crippen MR) is 182 cm³/mol. The molecular weight excluding hydrogens is 520 g/mol. The summed E-state index contributed by atoms with van der Waals surface area (Å²) in [6, 6.07) is 14.3. The first-order chi connectivity index (χ1) is 26.7. The van der Waals surface area contributed by atoms with E-state index in [9.17, 15) is 5.48 Å². The highest BCUT2D eigenvalue weighted by molar-refractivity contribution is 6.22. The van der Waals surface area contributed by atoms with Gasteiger partial charge in [0, 0.05) is 12.1 Å². The van der Waals surface area contributed by atoms with Crippen LogP contribution in [0.25, 0.3) is 71.6 Å². The van der Waals surface area contributed by atoms with Crippen LogP contribution >= 0.6 is 0 Å². The Labute approximate surface area is 269 Å². The number of benzene rings is 7. The number of imidazole rings is 1. The van der Waals surface area contributed by atoms with Crippen molar-refractivity contribution in [2.75, 3.05) is 0 Å². The fourth-order valence-electron chi connectivity index (χ4n) is 5.87. The van der Waals surface area contributed by atoms with Crippen LogP contribution in [0.15, 0.2) is 151 Å². The maximum atomic E-state index is 9.32. The van der Waals surface area contributed by atoms with Crippen LogP contribution in [0, 0.1) is 0 Å². The third kappa shape index (κ3) is 4.14. The van der Waals surface area contributed by atoms with Crippen LogP contribution in [0.3, 0.4) is 0 Å². The van der Waals surface area contributed by atoms with E-state index in [4.69, 9.17) is 17.3 Å². The summed E-state index contributed by atoms with van der Waals surface area (Å²) in [6.07, 6.45) is 0.643. The molecule has 0 fully saturated rings. The monoisotopic (exact) mass is 563 g/mol. The molecule has 2 heteroatoms. The zero-order valence-corrected chi connectivity index (χ0v) is 23.0. The summed E-state index contributed by atoms with van der Waals surface area (Å²) >= 11 is 0. The van der Waals surface area contributed by atoms with Crippen molar-refractivity contribution in [3.8, 4) is 39.1 Å². The molecule has 0 saturated heterocycles. The first-order valence-corrected chi connectivity index (χ1v) is 13.9. The van der Waals surface area contributed by atoms with Crippen molar-refractivity contribution in [3.63, 3.8) is 0 Å². The number of hydrogen-bond acceptors (Lipinski definition) is 1. The van der Waals surface area contributed by atoms with Crippen molar-refractivity contribution in [1.29, 1.82) is 0 Å². The van der Waals surface area contributed by atoms with Crippen molar-refractivity contribution in [1.82, 2.24) is 9.55 Å². The third-order valence-electron chi connectivity index (χ3n) is 7.70. The zero-order valence-electron chi connectivity index (χ0n) is 36.0. The Balaban J connectivity index is 1.56. The van der Waals surface area contributed by atoms with Crippen molar-refractivity contribution < 1.29 is 17.8 Å². The van der Waals surface area contributed by atoms with E-state index in [2.05, 4.69) is 0 Å². The van der Waals surface area contributed by atoms with E-state index in [1.807, 2.05) is 47.9 Å². The molecule has 1 aromatic heterocycles. The Bertz CT molecular complexity index is 2880. The fraction of sp³-hybridized carbons (Fsp3) is 0.0488. The number of rotatable bonds is 5. The Kier molecular flexibility index (Phi) is 3.67.